The summed E-state index contributed by atoms with van der Waals surface area (Å²) in [5, 5.41) is 7.01. The molecular weight excluding hydrogens is 464 g/mol. The fraction of sp³-hybridized carbons (Fsp3) is 0.280. The van der Waals surface area contributed by atoms with Crippen LogP contribution in [-0.4, -0.2) is 44.0 Å². The van der Waals surface area contributed by atoms with E-state index in [0.29, 0.717) is 11.8 Å². The first kappa shape index (κ1) is 22.7. The lowest BCUT2D eigenvalue weighted by Gasteiger charge is -2.16. The van der Waals surface area contributed by atoms with Crippen LogP contribution in [0.4, 0.5) is 0 Å². The molecule has 34 heavy (non-hydrogen) atoms. The van der Waals surface area contributed by atoms with Crippen molar-refractivity contribution < 1.29 is 4.74 Å². The fourth-order valence-corrected chi connectivity index (χ4v) is 4.93. The molecule has 0 N–H and O–H groups in total. The number of hydrogen-bond donors (Lipinski definition) is 0. The van der Waals surface area contributed by atoms with E-state index in [9.17, 15) is 0 Å². The Hall–Kier alpha value is -3.07. The van der Waals surface area contributed by atoms with Crippen LogP contribution in [0.2, 0.25) is 30.7 Å². The van der Waals surface area contributed by atoms with Gasteiger partial charge in [-0.2, -0.15) is 5.10 Å². The molecule has 0 aromatic carbocycles. The van der Waals surface area contributed by atoms with Gasteiger partial charge in [0.2, 0.25) is 0 Å². The zero-order valence-corrected chi connectivity index (χ0v) is 21.5. The number of nitrogens with zero attached hydrogens (tertiary/aromatic N) is 6. The van der Waals surface area contributed by atoms with Gasteiger partial charge in [0.15, 0.2) is 0 Å². The maximum atomic E-state index is 6.44. The highest BCUT2D eigenvalue weighted by molar-refractivity contribution is 6.76. The summed E-state index contributed by atoms with van der Waals surface area (Å²) in [7, 11) is 0.743. The molecule has 0 saturated carbocycles. The van der Waals surface area contributed by atoms with Crippen molar-refractivity contribution in [1.82, 2.24) is 29.3 Å². The van der Waals surface area contributed by atoms with E-state index in [2.05, 4.69) is 46.4 Å². The SMILES string of the molecule is Cn1cc(-c2cnc3c(c2)c2cc(-c4cnccc4Cl)ncc2n3COCC[Si](C)(C)C)cn1. The van der Waals surface area contributed by atoms with E-state index in [-0.39, 0.29) is 0 Å². The Morgan fingerprint density at radius 2 is 1.85 bits per heavy atom. The highest BCUT2D eigenvalue weighted by Gasteiger charge is 2.17. The molecule has 0 radical (unpaired) electrons. The van der Waals surface area contributed by atoms with Crippen LogP contribution < -0.4 is 0 Å². The lowest BCUT2D eigenvalue weighted by atomic mass is 10.1. The molecule has 5 aromatic rings. The Balaban J connectivity index is 1.63. The molecule has 0 bridgehead atoms. The largest absolute Gasteiger partial charge is 0.361 e. The number of aromatic nitrogens is 6. The van der Waals surface area contributed by atoms with Gasteiger partial charge in [-0.15, -0.1) is 0 Å². The molecular formula is C25H27ClN6OSi. The summed E-state index contributed by atoms with van der Waals surface area (Å²) in [6.07, 6.45) is 11.0. The average molecular weight is 491 g/mol. The maximum Gasteiger partial charge on any atom is 0.142 e. The van der Waals surface area contributed by atoms with Gasteiger partial charge in [-0.05, 0) is 24.2 Å². The summed E-state index contributed by atoms with van der Waals surface area (Å²) in [5.74, 6) is 0. The van der Waals surface area contributed by atoms with E-state index in [1.165, 1.54) is 0 Å². The highest BCUT2D eigenvalue weighted by Crippen LogP contribution is 2.34. The van der Waals surface area contributed by atoms with Gasteiger partial charge in [0, 0.05) is 74.0 Å². The van der Waals surface area contributed by atoms with Crippen molar-refractivity contribution in [1.29, 1.82) is 0 Å². The van der Waals surface area contributed by atoms with Crippen LogP contribution in [-0.2, 0) is 18.5 Å². The first-order valence-electron chi connectivity index (χ1n) is 11.2. The molecule has 0 fully saturated rings. The minimum Gasteiger partial charge on any atom is -0.361 e. The Kier molecular flexibility index (Phi) is 5.97. The minimum atomic E-state index is -1.17. The molecule has 0 aliphatic rings. The van der Waals surface area contributed by atoms with Gasteiger partial charge < -0.3 is 4.74 Å². The Bertz CT molecular complexity index is 1490. The molecule has 0 atom stereocenters. The van der Waals surface area contributed by atoms with Crippen LogP contribution in [0.25, 0.3) is 44.3 Å². The zero-order valence-electron chi connectivity index (χ0n) is 19.8. The van der Waals surface area contributed by atoms with Crippen LogP contribution in [0.1, 0.15) is 0 Å². The molecule has 0 aliphatic heterocycles. The van der Waals surface area contributed by atoms with Gasteiger partial charge >= 0.3 is 0 Å². The van der Waals surface area contributed by atoms with E-state index in [4.69, 9.17) is 26.3 Å². The second-order valence-electron chi connectivity index (χ2n) is 9.72. The van der Waals surface area contributed by atoms with Gasteiger partial charge in [-0.1, -0.05) is 31.2 Å². The second-order valence-corrected chi connectivity index (χ2v) is 15.7. The number of pyridine rings is 3. The van der Waals surface area contributed by atoms with E-state index in [1.807, 2.05) is 31.8 Å². The number of hydrogen-bond acceptors (Lipinski definition) is 5. The maximum absolute atomic E-state index is 6.44. The van der Waals surface area contributed by atoms with Crippen LogP contribution >= 0.6 is 11.6 Å². The average Bonchev–Trinajstić information content (AvgIpc) is 3.37. The van der Waals surface area contributed by atoms with Crippen molar-refractivity contribution >= 4 is 41.6 Å². The van der Waals surface area contributed by atoms with Crippen molar-refractivity contribution in [2.45, 2.75) is 32.4 Å². The number of rotatable bonds is 7. The predicted octanol–water partition coefficient (Wildman–Crippen LogP) is 6.01. The molecule has 5 aromatic heterocycles. The Morgan fingerprint density at radius 1 is 1.00 bits per heavy atom. The molecule has 9 heteroatoms. The van der Waals surface area contributed by atoms with Gasteiger partial charge in [0.25, 0.3) is 0 Å². The van der Waals surface area contributed by atoms with Crippen molar-refractivity contribution in [3.05, 3.63) is 60.4 Å². The van der Waals surface area contributed by atoms with Crippen LogP contribution in [0.15, 0.2) is 55.4 Å². The molecule has 0 unspecified atom stereocenters. The molecule has 5 rings (SSSR count). The lowest BCUT2D eigenvalue weighted by Crippen LogP contribution is -2.22. The Morgan fingerprint density at radius 3 is 2.59 bits per heavy atom. The molecule has 0 saturated heterocycles. The summed E-state index contributed by atoms with van der Waals surface area (Å²) in [6, 6.07) is 7.12. The summed E-state index contributed by atoms with van der Waals surface area (Å²) >= 11 is 6.44. The Labute approximate surface area is 204 Å². The first-order chi connectivity index (χ1) is 16.3. The number of fused-ring (bicyclic) bond motifs is 3. The van der Waals surface area contributed by atoms with Crippen molar-refractivity contribution in [2.75, 3.05) is 6.61 Å². The van der Waals surface area contributed by atoms with Crippen LogP contribution in [0.5, 0.6) is 0 Å². The van der Waals surface area contributed by atoms with Crippen molar-refractivity contribution in [3.8, 4) is 22.4 Å². The third-order valence-corrected chi connectivity index (χ3v) is 7.92. The highest BCUT2D eigenvalue weighted by atomic mass is 35.5. The second kappa shape index (κ2) is 8.94. The summed E-state index contributed by atoms with van der Waals surface area (Å²) in [5.41, 5.74) is 5.45. The van der Waals surface area contributed by atoms with Crippen molar-refractivity contribution in [3.63, 3.8) is 0 Å². The smallest absolute Gasteiger partial charge is 0.142 e. The number of halogens is 1. The fourth-order valence-electron chi connectivity index (χ4n) is 3.97. The standard InChI is InChI=1S/C25H27ClN6OSi/c1-31-15-18(12-30-31)17-9-20-19-10-23(21-13-27-6-5-22(21)26)28-14-24(19)32(25(20)29-11-17)16-33-7-8-34(2,3)4/h5-6,9-15H,7-8,16H2,1-4H3. The predicted molar refractivity (Wildman–Crippen MR) is 140 cm³/mol. The summed E-state index contributed by atoms with van der Waals surface area (Å²) in [4.78, 5) is 13.8. The van der Waals surface area contributed by atoms with Gasteiger partial charge in [0.05, 0.1) is 28.6 Å². The monoisotopic (exact) mass is 490 g/mol. The summed E-state index contributed by atoms with van der Waals surface area (Å²) in [6.45, 7) is 8.23. The third kappa shape index (κ3) is 4.48. The van der Waals surface area contributed by atoms with Crippen LogP contribution in [0.3, 0.4) is 0 Å². The zero-order chi connectivity index (χ0) is 23.9. The molecule has 0 aliphatic carbocycles. The minimum absolute atomic E-state index is 0.429. The van der Waals surface area contributed by atoms with Gasteiger partial charge in [-0.25, -0.2) is 4.98 Å². The third-order valence-electron chi connectivity index (χ3n) is 5.89. The molecule has 0 spiro atoms. The first-order valence-corrected chi connectivity index (χ1v) is 15.3. The topological polar surface area (TPSA) is 70.7 Å². The van der Waals surface area contributed by atoms with Crippen molar-refractivity contribution in [2.24, 2.45) is 7.05 Å². The summed E-state index contributed by atoms with van der Waals surface area (Å²) < 4.78 is 10.0. The van der Waals surface area contributed by atoms with E-state index in [0.717, 1.165) is 57.0 Å². The van der Waals surface area contributed by atoms with E-state index >= 15 is 0 Å². The molecule has 5 heterocycles. The van der Waals surface area contributed by atoms with Crippen LogP contribution in [0, 0.1) is 0 Å². The molecule has 174 valence electrons. The molecule has 0 amide bonds. The lowest BCUT2D eigenvalue weighted by molar-refractivity contribution is 0.0925. The van der Waals surface area contributed by atoms with Gasteiger partial charge in [0.1, 0.15) is 12.4 Å². The van der Waals surface area contributed by atoms with Gasteiger partial charge in [-0.3, -0.25) is 19.2 Å². The van der Waals surface area contributed by atoms with E-state index < -0.39 is 8.07 Å². The number of ether oxygens (including phenoxy) is 1. The van der Waals surface area contributed by atoms with E-state index in [1.54, 1.807) is 23.1 Å². The normalized spacial score (nSPS) is 12.1. The quantitative estimate of drug-likeness (QED) is 0.206. The molecule has 7 nitrogen and oxygen atoms in total. The number of aryl methyl sites for hydroxylation is 1.